The van der Waals surface area contributed by atoms with Gasteiger partial charge in [0.2, 0.25) is 0 Å². The number of rotatable bonds is 6. The minimum Gasteiger partial charge on any atom is -0.469 e. The van der Waals surface area contributed by atoms with Gasteiger partial charge in [-0.25, -0.2) is 0 Å². The van der Waals surface area contributed by atoms with Crippen molar-refractivity contribution < 1.29 is 22.5 Å². The van der Waals surface area contributed by atoms with Crippen LogP contribution in [0.2, 0.25) is 0 Å². The monoisotopic (exact) mass is 263 g/mol. The summed E-state index contributed by atoms with van der Waals surface area (Å²) in [6, 6.07) is 0. The van der Waals surface area contributed by atoms with Gasteiger partial charge in [0.25, 0.3) is 0 Å². The Bertz CT molecular complexity index is 456. The largest absolute Gasteiger partial charge is 0.469 e. The Kier molecular flexibility index (Phi) is 4.46. The first-order valence-electron chi connectivity index (χ1n) is 4.66. The van der Waals surface area contributed by atoms with Gasteiger partial charge in [-0.15, -0.1) is 0 Å². The van der Waals surface area contributed by atoms with Gasteiger partial charge >= 0.3 is 16.2 Å². The standard InChI is InChI=1S/C8H13N3O5S/c1-11(4-3-8(12)15-2)17(13,14)10-7-5-9-16-6-7/h5-6,10H,3-4H2,1-2H3. The van der Waals surface area contributed by atoms with Gasteiger partial charge in [0, 0.05) is 13.6 Å². The Labute approximate surface area is 98.7 Å². The highest BCUT2D eigenvalue weighted by molar-refractivity contribution is 7.90. The molecule has 1 N–H and O–H groups in total. The lowest BCUT2D eigenvalue weighted by Crippen LogP contribution is -2.34. The zero-order chi connectivity index (χ0) is 12.9. The Morgan fingerprint density at radius 2 is 2.35 bits per heavy atom. The van der Waals surface area contributed by atoms with E-state index in [2.05, 4.69) is 19.1 Å². The lowest BCUT2D eigenvalue weighted by atomic mass is 10.4. The number of carbonyl (C=O) groups is 1. The number of methoxy groups -OCH3 is 1. The lowest BCUT2D eigenvalue weighted by Gasteiger charge is -2.16. The van der Waals surface area contributed by atoms with Crippen molar-refractivity contribution in [2.45, 2.75) is 6.42 Å². The number of nitrogens with zero attached hydrogens (tertiary/aromatic N) is 2. The maximum atomic E-state index is 11.7. The molecule has 0 saturated heterocycles. The molecule has 0 unspecified atom stereocenters. The van der Waals surface area contributed by atoms with Gasteiger partial charge in [0.05, 0.1) is 19.7 Å². The van der Waals surface area contributed by atoms with E-state index < -0.39 is 16.2 Å². The molecule has 1 heterocycles. The van der Waals surface area contributed by atoms with Crippen LogP contribution in [-0.4, -0.2) is 44.6 Å². The van der Waals surface area contributed by atoms with Crippen LogP contribution in [0.15, 0.2) is 17.0 Å². The van der Waals surface area contributed by atoms with Crippen molar-refractivity contribution in [3.63, 3.8) is 0 Å². The van der Waals surface area contributed by atoms with Crippen molar-refractivity contribution in [1.29, 1.82) is 0 Å². The summed E-state index contributed by atoms with van der Waals surface area (Å²) >= 11 is 0. The van der Waals surface area contributed by atoms with Gasteiger partial charge in [0.15, 0.2) is 0 Å². The fourth-order valence-corrected chi connectivity index (χ4v) is 1.84. The Morgan fingerprint density at radius 1 is 1.65 bits per heavy atom. The first kappa shape index (κ1) is 13.5. The highest BCUT2D eigenvalue weighted by Crippen LogP contribution is 2.09. The third-order valence-electron chi connectivity index (χ3n) is 1.95. The molecule has 9 heteroatoms. The quantitative estimate of drug-likeness (QED) is 0.715. The van der Waals surface area contributed by atoms with Gasteiger partial charge in [-0.3, -0.25) is 9.52 Å². The first-order valence-corrected chi connectivity index (χ1v) is 6.10. The fourth-order valence-electron chi connectivity index (χ4n) is 0.953. The molecule has 0 spiro atoms. The molecule has 96 valence electrons. The molecular formula is C8H13N3O5S. The molecule has 17 heavy (non-hydrogen) atoms. The number of esters is 1. The molecule has 0 fully saturated rings. The maximum Gasteiger partial charge on any atom is 0.306 e. The van der Waals surface area contributed by atoms with E-state index in [9.17, 15) is 13.2 Å². The molecule has 0 amide bonds. The summed E-state index contributed by atoms with van der Waals surface area (Å²) in [5.41, 5.74) is 0.218. The molecule has 0 bridgehead atoms. The molecule has 0 radical (unpaired) electrons. The summed E-state index contributed by atoms with van der Waals surface area (Å²) in [5.74, 6) is -0.475. The highest BCUT2D eigenvalue weighted by atomic mass is 32.2. The summed E-state index contributed by atoms with van der Waals surface area (Å²) in [6.45, 7) is 0.0211. The second-order valence-electron chi connectivity index (χ2n) is 3.17. The molecule has 1 rings (SSSR count). The normalized spacial score (nSPS) is 11.5. The van der Waals surface area contributed by atoms with Crippen molar-refractivity contribution >= 4 is 21.9 Å². The summed E-state index contributed by atoms with van der Waals surface area (Å²) in [7, 11) is -1.12. The summed E-state index contributed by atoms with van der Waals surface area (Å²) in [6.07, 6.45) is 2.37. The van der Waals surface area contributed by atoms with E-state index >= 15 is 0 Å². The zero-order valence-electron chi connectivity index (χ0n) is 9.41. The van der Waals surface area contributed by atoms with Gasteiger partial charge in [0.1, 0.15) is 12.0 Å². The molecule has 1 aromatic rings. The predicted molar refractivity (Wildman–Crippen MR) is 58.3 cm³/mol. The minimum atomic E-state index is -3.71. The molecule has 0 aromatic carbocycles. The first-order chi connectivity index (χ1) is 7.95. The maximum absolute atomic E-state index is 11.7. The van der Waals surface area contributed by atoms with Crippen LogP contribution < -0.4 is 4.72 Å². The van der Waals surface area contributed by atoms with E-state index in [0.717, 1.165) is 10.6 Å². The molecule has 1 aromatic heterocycles. The highest BCUT2D eigenvalue weighted by Gasteiger charge is 2.19. The van der Waals surface area contributed by atoms with E-state index in [-0.39, 0.29) is 18.7 Å². The van der Waals surface area contributed by atoms with Crippen LogP contribution in [0.1, 0.15) is 6.42 Å². The molecule has 0 saturated carbocycles. The van der Waals surface area contributed by atoms with Gasteiger partial charge in [-0.1, -0.05) is 5.16 Å². The Balaban J connectivity index is 2.55. The van der Waals surface area contributed by atoms with Crippen molar-refractivity contribution in [3.05, 3.63) is 12.5 Å². The smallest absolute Gasteiger partial charge is 0.306 e. The molecule has 0 atom stereocenters. The number of hydrogen-bond acceptors (Lipinski definition) is 6. The van der Waals surface area contributed by atoms with Gasteiger partial charge in [-0.05, 0) is 0 Å². The van der Waals surface area contributed by atoms with E-state index in [1.165, 1.54) is 20.4 Å². The summed E-state index contributed by atoms with van der Waals surface area (Å²) in [4.78, 5) is 10.9. The number of nitrogens with one attached hydrogen (secondary N) is 1. The third-order valence-corrected chi connectivity index (χ3v) is 3.44. The second kappa shape index (κ2) is 5.64. The van der Waals surface area contributed by atoms with Crippen LogP contribution in [0.5, 0.6) is 0 Å². The number of anilines is 1. The lowest BCUT2D eigenvalue weighted by molar-refractivity contribution is -0.140. The predicted octanol–water partition coefficient (Wildman–Crippen LogP) is -0.174. The van der Waals surface area contributed by atoms with Gasteiger partial charge < -0.3 is 9.26 Å². The van der Waals surface area contributed by atoms with Crippen molar-refractivity contribution in [1.82, 2.24) is 9.46 Å². The summed E-state index contributed by atoms with van der Waals surface area (Å²) < 4.78 is 35.5. The second-order valence-corrected chi connectivity index (χ2v) is 4.95. The van der Waals surface area contributed by atoms with Crippen LogP contribution in [-0.2, 0) is 19.7 Å². The average molecular weight is 263 g/mol. The van der Waals surface area contributed by atoms with Crippen molar-refractivity contribution in [2.24, 2.45) is 0 Å². The SMILES string of the molecule is COC(=O)CCN(C)S(=O)(=O)Nc1cnoc1. The molecule has 8 nitrogen and oxygen atoms in total. The van der Waals surface area contributed by atoms with Crippen molar-refractivity contribution in [2.75, 3.05) is 25.4 Å². The van der Waals surface area contributed by atoms with Crippen LogP contribution in [0.4, 0.5) is 5.69 Å². The number of ether oxygens (including phenoxy) is 1. The molecular weight excluding hydrogens is 250 g/mol. The van der Waals surface area contributed by atoms with E-state index in [0.29, 0.717) is 0 Å². The molecule has 0 aliphatic carbocycles. The Hall–Kier alpha value is -1.61. The van der Waals surface area contributed by atoms with Crippen LogP contribution >= 0.6 is 0 Å². The van der Waals surface area contributed by atoms with Gasteiger partial charge in [-0.2, -0.15) is 12.7 Å². The third kappa shape index (κ3) is 4.04. The van der Waals surface area contributed by atoms with E-state index in [1.807, 2.05) is 0 Å². The van der Waals surface area contributed by atoms with Crippen LogP contribution in [0.25, 0.3) is 0 Å². The topological polar surface area (TPSA) is 102 Å². The van der Waals surface area contributed by atoms with Crippen molar-refractivity contribution in [3.8, 4) is 0 Å². The van der Waals surface area contributed by atoms with Crippen LogP contribution in [0.3, 0.4) is 0 Å². The summed E-state index contributed by atoms with van der Waals surface area (Å²) in [5, 5.41) is 3.36. The molecule has 0 aliphatic rings. The fraction of sp³-hybridized carbons (Fsp3) is 0.500. The minimum absolute atomic E-state index is 0.0163. The zero-order valence-corrected chi connectivity index (χ0v) is 10.2. The molecule has 0 aliphatic heterocycles. The van der Waals surface area contributed by atoms with E-state index in [1.54, 1.807) is 0 Å². The number of hydrogen-bond donors (Lipinski definition) is 1. The van der Waals surface area contributed by atoms with Crippen LogP contribution in [0, 0.1) is 0 Å². The number of carbonyl (C=O) groups excluding carboxylic acids is 1. The number of aromatic nitrogens is 1. The average Bonchev–Trinajstić information content (AvgIpc) is 2.77. The van der Waals surface area contributed by atoms with E-state index in [4.69, 9.17) is 0 Å². The Morgan fingerprint density at radius 3 is 2.88 bits per heavy atom.